The lowest BCUT2D eigenvalue weighted by Gasteiger charge is -2.01. The number of esters is 1. The molecule has 0 aliphatic rings. The molecule has 0 aliphatic heterocycles. The minimum absolute atomic E-state index is 0.0566. The first-order valence-electron chi connectivity index (χ1n) is 4.27. The third-order valence-corrected chi connectivity index (χ3v) is 1.78. The van der Waals surface area contributed by atoms with Crippen LogP contribution in [-0.4, -0.2) is 21.3 Å². The Morgan fingerprint density at radius 1 is 1.33 bits per heavy atom. The molecule has 2 rings (SSSR count). The molecule has 76 valence electrons. The van der Waals surface area contributed by atoms with E-state index in [1.54, 1.807) is 24.3 Å². The molecule has 0 spiro atoms. The second-order valence-corrected chi connectivity index (χ2v) is 2.83. The first kappa shape index (κ1) is 9.26. The Morgan fingerprint density at radius 2 is 2.07 bits per heavy atom. The molecular formula is C10H8N2O3. The summed E-state index contributed by atoms with van der Waals surface area (Å²) in [7, 11) is 0. The number of aromatic hydroxyl groups is 1. The van der Waals surface area contributed by atoms with E-state index >= 15 is 0 Å². The normalized spacial score (nSPS) is 9.87. The summed E-state index contributed by atoms with van der Waals surface area (Å²) in [6.07, 6.45) is 1.14. The molecule has 0 amide bonds. The zero-order valence-electron chi connectivity index (χ0n) is 7.68. The van der Waals surface area contributed by atoms with Crippen LogP contribution < -0.4 is 4.74 Å². The van der Waals surface area contributed by atoms with Crippen LogP contribution in [0.4, 0.5) is 0 Å². The monoisotopic (exact) mass is 204 g/mol. The van der Waals surface area contributed by atoms with Crippen LogP contribution in [0.25, 0.3) is 0 Å². The molecule has 0 bridgehead atoms. The van der Waals surface area contributed by atoms with Crippen LogP contribution in [0, 0.1) is 0 Å². The lowest BCUT2D eigenvalue weighted by molar-refractivity contribution is 0.0725. The molecule has 0 saturated carbocycles. The quantitative estimate of drug-likeness (QED) is 0.571. The lowest BCUT2D eigenvalue weighted by atomic mass is 10.3. The molecule has 2 aromatic rings. The molecule has 5 heteroatoms. The van der Waals surface area contributed by atoms with Gasteiger partial charge in [0.1, 0.15) is 5.75 Å². The number of aromatic nitrogens is 2. The van der Waals surface area contributed by atoms with Crippen molar-refractivity contribution in [3.8, 4) is 11.5 Å². The predicted octanol–water partition coefficient (Wildman–Crippen LogP) is 1.33. The number of nitrogens with one attached hydrogen (secondary N) is 1. The molecule has 1 aromatic carbocycles. The first-order chi connectivity index (χ1) is 7.27. The van der Waals surface area contributed by atoms with Crippen LogP contribution >= 0.6 is 0 Å². The van der Waals surface area contributed by atoms with Crippen LogP contribution in [0.5, 0.6) is 11.5 Å². The number of nitrogens with zero attached hydrogens (tertiary/aromatic N) is 1. The Bertz CT molecular complexity index is 465. The molecular weight excluding hydrogens is 196 g/mol. The Kier molecular flexibility index (Phi) is 2.37. The number of rotatable bonds is 2. The number of para-hydroxylation sites is 1. The maximum atomic E-state index is 11.4. The summed E-state index contributed by atoms with van der Waals surface area (Å²) in [5, 5.41) is 15.1. The van der Waals surface area contributed by atoms with Crippen molar-refractivity contribution in [1.29, 1.82) is 0 Å². The van der Waals surface area contributed by atoms with Gasteiger partial charge in [0.2, 0.25) is 0 Å². The highest BCUT2D eigenvalue weighted by atomic mass is 16.5. The summed E-state index contributed by atoms with van der Waals surface area (Å²) >= 11 is 0. The molecule has 5 nitrogen and oxygen atoms in total. The van der Waals surface area contributed by atoms with Crippen molar-refractivity contribution in [2.45, 2.75) is 0 Å². The largest absolute Gasteiger partial charge is 0.504 e. The smallest absolute Gasteiger partial charge is 0.365 e. The zero-order chi connectivity index (χ0) is 10.7. The molecule has 1 aromatic heterocycles. The van der Waals surface area contributed by atoms with Gasteiger partial charge in [-0.25, -0.2) is 4.79 Å². The van der Waals surface area contributed by atoms with Gasteiger partial charge in [0.25, 0.3) is 0 Å². The van der Waals surface area contributed by atoms with Gasteiger partial charge >= 0.3 is 5.97 Å². The van der Waals surface area contributed by atoms with Gasteiger partial charge in [-0.05, 0) is 12.1 Å². The van der Waals surface area contributed by atoms with Gasteiger partial charge in [0.05, 0.1) is 6.20 Å². The predicted molar refractivity (Wildman–Crippen MR) is 51.7 cm³/mol. The molecule has 0 atom stereocenters. The van der Waals surface area contributed by atoms with E-state index in [9.17, 15) is 9.90 Å². The molecule has 0 radical (unpaired) electrons. The summed E-state index contributed by atoms with van der Waals surface area (Å²) in [5.41, 5.74) is -0.0566. The number of hydrogen-bond acceptors (Lipinski definition) is 4. The van der Waals surface area contributed by atoms with E-state index in [-0.39, 0.29) is 11.4 Å². The number of carbonyl (C=O) groups excluding carboxylic acids is 1. The van der Waals surface area contributed by atoms with E-state index in [1.165, 1.54) is 0 Å². The van der Waals surface area contributed by atoms with Gasteiger partial charge in [0, 0.05) is 0 Å². The number of H-pyrrole nitrogens is 1. The Labute approximate surface area is 85.3 Å². The van der Waals surface area contributed by atoms with Crippen LogP contribution in [0.2, 0.25) is 0 Å². The fraction of sp³-hybridized carbons (Fsp3) is 0. The van der Waals surface area contributed by atoms with Crippen molar-refractivity contribution in [3.63, 3.8) is 0 Å². The summed E-state index contributed by atoms with van der Waals surface area (Å²) in [6.45, 7) is 0. The fourth-order valence-electron chi connectivity index (χ4n) is 1.08. The molecule has 1 heterocycles. The number of hydrogen-bond donors (Lipinski definition) is 2. The standard InChI is InChI=1S/C10H8N2O3/c13-8-6-11-12-9(8)10(14)15-7-4-2-1-3-5-7/h1-6,13H,(H,11,12). The summed E-state index contributed by atoms with van der Waals surface area (Å²) in [4.78, 5) is 11.4. The molecule has 0 aliphatic carbocycles. The third-order valence-electron chi connectivity index (χ3n) is 1.78. The summed E-state index contributed by atoms with van der Waals surface area (Å²) in [5.74, 6) is -0.483. The van der Waals surface area contributed by atoms with Gasteiger partial charge in [0.15, 0.2) is 11.4 Å². The zero-order valence-corrected chi connectivity index (χ0v) is 7.68. The van der Waals surface area contributed by atoms with Gasteiger partial charge in [-0.2, -0.15) is 5.10 Å². The van der Waals surface area contributed by atoms with Gasteiger partial charge < -0.3 is 9.84 Å². The number of ether oxygens (including phenoxy) is 1. The second kappa shape index (κ2) is 3.83. The van der Waals surface area contributed by atoms with Crippen LogP contribution in [0.15, 0.2) is 36.5 Å². The molecule has 0 fully saturated rings. The minimum Gasteiger partial charge on any atom is -0.504 e. The lowest BCUT2D eigenvalue weighted by Crippen LogP contribution is -2.09. The topological polar surface area (TPSA) is 75.2 Å². The molecule has 0 unspecified atom stereocenters. The third kappa shape index (κ3) is 1.96. The van der Waals surface area contributed by atoms with E-state index in [4.69, 9.17) is 4.74 Å². The maximum absolute atomic E-state index is 11.4. The van der Waals surface area contributed by atoms with Gasteiger partial charge in [-0.3, -0.25) is 5.10 Å². The number of carbonyl (C=O) groups is 1. The van der Waals surface area contributed by atoms with Crippen molar-refractivity contribution >= 4 is 5.97 Å². The number of aromatic amines is 1. The van der Waals surface area contributed by atoms with Crippen molar-refractivity contribution in [2.24, 2.45) is 0 Å². The highest BCUT2D eigenvalue weighted by Crippen LogP contribution is 2.16. The van der Waals surface area contributed by atoms with Crippen LogP contribution in [0.1, 0.15) is 10.5 Å². The van der Waals surface area contributed by atoms with E-state index in [0.29, 0.717) is 5.75 Å². The van der Waals surface area contributed by atoms with E-state index in [0.717, 1.165) is 6.20 Å². The minimum atomic E-state index is -0.670. The first-order valence-corrected chi connectivity index (χ1v) is 4.27. The van der Waals surface area contributed by atoms with Crippen LogP contribution in [-0.2, 0) is 0 Å². The van der Waals surface area contributed by atoms with Crippen molar-refractivity contribution in [2.75, 3.05) is 0 Å². The van der Waals surface area contributed by atoms with E-state index in [2.05, 4.69) is 10.2 Å². The van der Waals surface area contributed by atoms with E-state index in [1.807, 2.05) is 6.07 Å². The van der Waals surface area contributed by atoms with Crippen molar-refractivity contribution < 1.29 is 14.6 Å². The fourth-order valence-corrected chi connectivity index (χ4v) is 1.08. The number of benzene rings is 1. The summed E-state index contributed by atoms with van der Waals surface area (Å²) in [6, 6.07) is 8.59. The summed E-state index contributed by atoms with van der Waals surface area (Å²) < 4.78 is 4.97. The highest BCUT2D eigenvalue weighted by molar-refractivity contribution is 5.91. The van der Waals surface area contributed by atoms with Crippen LogP contribution in [0.3, 0.4) is 0 Å². The van der Waals surface area contributed by atoms with E-state index < -0.39 is 5.97 Å². The Hall–Kier alpha value is -2.30. The Morgan fingerprint density at radius 3 is 2.67 bits per heavy atom. The second-order valence-electron chi connectivity index (χ2n) is 2.83. The SMILES string of the molecule is O=C(Oc1ccccc1)c1[nH]ncc1O. The Balaban J connectivity index is 2.15. The highest BCUT2D eigenvalue weighted by Gasteiger charge is 2.15. The maximum Gasteiger partial charge on any atom is 0.365 e. The van der Waals surface area contributed by atoms with Gasteiger partial charge in [-0.15, -0.1) is 0 Å². The average molecular weight is 204 g/mol. The average Bonchev–Trinajstić information content (AvgIpc) is 2.66. The van der Waals surface area contributed by atoms with Crippen molar-refractivity contribution in [1.82, 2.24) is 10.2 Å². The molecule has 15 heavy (non-hydrogen) atoms. The van der Waals surface area contributed by atoms with Gasteiger partial charge in [-0.1, -0.05) is 18.2 Å². The van der Waals surface area contributed by atoms with Crippen molar-refractivity contribution in [3.05, 3.63) is 42.2 Å². The molecule has 2 N–H and O–H groups in total. The molecule has 0 saturated heterocycles.